The normalized spacial score (nSPS) is 17.0. The summed E-state index contributed by atoms with van der Waals surface area (Å²) in [6.45, 7) is 0.931. The van der Waals surface area contributed by atoms with Gasteiger partial charge in [-0.05, 0) is 30.5 Å². The molecule has 0 spiro atoms. The molecular formula is C14H21FN2. The van der Waals surface area contributed by atoms with Gasteiger partial charge in [-0.1, -0.05) is 32.1 Å². The average molecular weight is 236 g/mol. The Morgan fingerprint density at radius 2 is 2.00 bits per heavy atom. The van der Waals surface area contributed by atoms with Crippen molar-refractivity contribution in [2.45, 2.75) is 38.5 Å². The van der Waals surface area contributed by atoms with Gasteiger partial charge >= 0.3 is 0 Å². The molecule has 17 heavy (non-hydrogen) atoms. The van der Waals surface area contributed by atoms with Gasteiger partial charge in [-0.15, -0.1) is 0 Å². The lowest BCUT2D eigenvalue weighted by Crippen LogP contribution is -2.12. The van der Waals surface area contributed by atoms with Crippen molar-refractivity contribution in [3.05, 3.63) is 24.0 Å². The average Bonchev–Trinajstić information content (AvgIpc) is 2.33. The highest BCUT2D eigenvalue weighted by Gasteiger charge is 2.12. The van der Waals surface area contributed by atoms with E-state index in [9.17, 15) is 4.39 Å². The van der Waals surface area contributed by atoms with Crippen LogP contribution < -0.4 is 11.1 Å². The number of halogens is 1. The summed E-state index contributed by atoms with van der Waals surface area (Å²) in [4.78, 5) is 0. The Labute approximate surface area is 102 Å². The molecule has 0 amide bonds. The molecule has 3 N–H and O–H groups in total. The monoisotopic (exact) mass is 236 g/mol. The van der Waals surface area contributed by atoms with E-state index in [1.807, 2.05) is 0 Å². The second-order valence-electron chi connectivity index (χ2n) is 4.95. The van der Waals surface area contributed by atoms with Crippen LogP contribution >= 0.6 is 0 Å². The number of nitrogens with one attached hydrogen (secondary N) is 1. The van der Waals surface area contributed by atoms with Crippen LogP contribution in [0.3, 0.4) is 0 Å². The first-order valence-electron chi connectivity index (χ1n) is 6.54. The molecule has 0 unspecified atom stereocenters. The minimum atomic E-state index is -0.277. The number of hydrogen-bond acceptors (Lipinski definition) is 2. The highest BCUT2D eigenvalue weighted by molar-refractivity contribution is 5.65. The van der Waals surface area contributed by atoms with Crippen molar-refractivity contribution in [3.8, 4) is 0 Å². The molecule has 3 heteroatoms. The van der Waals surface area contributed by atoms with Gasteiger partial charge < -0.3 is 11.1 Å². The largest absolute Gasteiger partial charge is 0.397 e. The quantitative estimate of drug-likeness (QED) is 0.780. The van der Waals surface area contributed by atoms with Gasteiger partial charge in [0.1, 0.15) is 5.82 Å². The molecule has 2 rings (SSSR count). The van der Waals surface area contributed by atoms with Gasteiger partial charge in [-0.25, -0.2) is 4.39 Å². The van der Waals surface area contributed by atoms with Gasteiger partial charge in [0.15, 0.2) is 0 Å². The minimum Gasteiger partial charge on any atom is -0.397 e. The molecule has 0 aromatic heterocycles. The molecule has 1 fully saturated rings. The Hall–Kier alpha value is -1.25. The third kappa shape index (κ3) is 3.62. The Kier molecular flexibility index (Phi) is 4.24. The fourth-order valence-electron chi connectivity index (χ4n) is 2.58. The molecular weight excluding hydrogens is 215 g/mol. The summed E-state index contributed by atoms with van der Waals surface area (Å²) in [6.07, 6.45) is 8.07. The van der Waals surface area contributed by atoms with Crippen LogP contribution in [0.1, 0.15) is 38.5 Å². The molecule has 1 aromatic carbocycles. The molecule has 1 aliphatic carbocycles. The molecule has 0 heterocycles. The summed E-state index contributed by atoms with van der Waals surface area (Å²) >= 11 is 0. The van der Waals surface area contributed by atoms with Crippen molar-refractivity contribution in [2.75, 3.05) is 17.6 Å². The number of hydrogen-bond donors (Lipinski definition) is 2. The van der Waals surface area contributed by atoms with Gasteiger partial charge in [-0.2, -0.15) is 0 Å². The van der Waals surface area contributed by atoms with Crippen molar-refractivity contribution < 1.29 is 4.39 Å². The molecule has 1 saturated carbocycles. The first-order valence-corrected chi connectivity index (χ1v) is 6.54. The zero-order valence-corrected chi connectivity index (χ0v) is 10.2. The summed E-state index contributed by atoms with van der Waals surface area (Å²) in [5.74, 6) is 0.582. The topological polar surface area (TPSA) is 38.0 Å². The van der Waals surface area contributed by atoms with Crippen LogP contribution in [-0.4, -0.2) is 6.54 Å². The first-order chi connectivity index (χ1) is 8.25. The van der Waals surface area contributed by atoms with Crippen LogP contribution in [0, 0.1) is 11.7 Å². The fraction of sp³-hybridized carbons (Fsp3) is 0.571. The van der Waals surface area contributed by atoms with Crippen LogP contribution in [0.2, 0.25) is 0 Å². The number of benzene rings is 1. The van der Waals surface area contributed by atoms with Gasteiger partial charge in [0.25, 0.3) is 0 Å². The maximum absolute atomic E-state index is 12.9. The molecule has 2 nitrogen and oxygen atoms in total. The summed E-state index contributed by atoms with van der Waals surface area (Å²) in [6, 6.07) is 4.52. The van der Waals surface area contributed by atoms with Crippen molar-refractivity contribution >= 4 is 11.4 Å². The van der Waals surface area contributed by atoms with Crippen molar-refractivity contribution in [1.82, 2.24) is 0 Å². The zero-order valence-electron chi connectivity index (χ0n) is 10.2. The van der Waals surface area contributed by atoms with E-state index < -0.39 is 0 Å². The Balaban J connectivity index is 1.77. The number of anilines is 2. The summed E-state index contributed by atoms with van der Waals surface area (Å²) in [7, 11) is 0. The molecule has 0 bridgehead atoms. The molecule has 0 aliphatic heterocycles. The zero-order chi connectivity index (χ0) is 12.1. The fourth-order valence-corrected chi connectivity index (χ4v) is 2.58. The van der Waals surface area contributed by atoms with Crippen LogP contribution in [0.15, 0.2) is 18.2 Å². The lowest BCUT2D eigenvalue weighted by Gasteiger charge is -2.21. The molecule has 1 aliphatic rings. The Morgan fingerprint density at radius 1 is 1.24 bits per heavy atom. The second-order valence-corrected chi connectivity index (χ2v) is 4.95. The summed E-state index contributed by atoms with van der Waals surface area (Å²) in [5.41, 5.74) is 7.08. The molecule has 0 saturated heterocycles. The van der Waals surface area contributed by atoms with Gasteiger partial charge in [0, 0.05) is 6.54 Å². The van der Waals surface area contributed by atoms with E-state index in [-0.39, 0.29) is 5.82 Å². The van der Waals surface area contributed by atoms with Crippen molar-refractivity contribution in [3.63, 3.8) is 0 Å². The minimum absolute atomic E-state index is 0.277. The molecule has 94 valence electrons. The highest BCUT2D eigenvalue weighted by atomic mass is 19.1. The predicted octanol–water partition coefficient (Wildman–Crippen LogP) is 3.79. The lowest BCUT2D eigenvalue weighted by atomic mass is 9.87. The number of nitrogens with two attached hydrogens (primary N) is 1. The maximum atomic E-state index is 12.9. The second kappa shape index (κ2) is 5.89. The van der Waals surface area contributed by atoms with Crippen LogP contribution in [0.5, 0.6) is 0 Å². The Morgan fingerprint density at radius 3 is 2.71 bits per heavy atom. The first kappa shape index (κ1) is 12.2. The molecule has 1 aromatic rings. The van der Waals surface area contributed by atoms with E-state index in [4.69, 9.17) is 5.73 Å². The van der Waals surface area contributed by atoms with Crippen LogP contribution in [-0.2, 0) is 0 Å². The Bertz CT molecular complexity index is 359. The van der Waals surface area contributed by atoms with Gasteiger partial charge in [-0.3, -0.25) is 0 Å². The highest BCUT2D eigenvalue weighted by Crippen LogP contribution is 2.26. The summed E-state index contributed by atoms with van der Waals surface area (Å²) in [5, 5.41) is 3.30. The van der Waals surface area contributed by atoms with E-state index >= 15 is 0 Å². The van der Waals surface area contributed by atoms with Gasteiger partial charge in [0.05, 0.1) is 11.4 Å². The van der Waals surface area contributed by atoms with E-state index in [1.165, 1.54) is 50.7 Å². The van der Waals surface area contributed by atoms with Crippen LogP contribution in [0.25, 0.3) is 0 Å². The number of rotatable bonds is 4. The predicted molar refractivity (Wildman–Crippen MR) is 70.5 cm³/mol. The molecule has 0 radical (unpaired) electrons. The van der Waals surface area contributed by atoms with Crippen molar-refractivity contribution in [1.29, 1.82) is 0 Å². The third-order valence-corrected chi connectivity index (χ3v) is 3.61. The maximum Gasteiger partial charge on any atom is 0.125 e. The van der Waals surface area contributed by atoms with Crippen molar-refractivity contribution in [2.24, 2.45) is 5.92 Å². The number of nitrogen functional groups attached to an aromatic ring is 1. The van der Waals surface area contributed by atoms with E-state index in [0.717, 1.165) is 18.2 Å². The van der Waals surface area contributed by atoms with Crippen LogP contribution in [0.4, 0.5) is 15.8 Å². The van der Waals surface area contributed by atoms with E-state index in [1.54, 1.807) is 6.07 Å². The third-order valence-electron chi connectivity index (χ3n) is 3.61. The van der Waals surface area contributed by atoms with Gasteiger partial charge in [0.2, 0.25) is 0 Å². The SMILES string of the molecule is Nc1cc(F)ccc1NCCC1CCCCC1. The standard InChI is InChI=1S/C14H21FN2/c15-12-6-7-14(13(16)10-12)17-9-8-11-4-2-1-3-5-11/h6-7,10-11,17H,1-5,8-9,16H2. The van der Waals surface area contributed by atoms with E-state index in [2.05, 4.69) is 5.32 Å². The lowest BCUT2D eigenvalue weighted by molar-refractivity contribution is 0.345. The smallest absolute Gasteiger partial charge is 0.125 e. The summed E-state index contributed by atoms with van der Waals surface area (Å²) < 4.78 is 12.9. The molecule has 0 atom stereocenters. The van der Waals surface area contributed by atoms with E-state index in [0.29, 0.717) is 5.69 Å².